The molecular weight excluding hydrogens is 360 g/mol. The van der Waals surface area contributed by atoms with Crippen LogP contribution in [0.3, 0.4) is 0 Å². The van der Waals surface area contributed by atoms with Crippen LogP contribution in [-0.4, -0.2) is 30.7 Å². The quantitative estimate of drug-likeness (QED) is 0.479. The maximum absolute atomic E-state index is 11.9. The Labute approximate surface area is 165 Å². The Morgan fingerprint density at radius 2 is 1.67 bits per heavy atom. The Bertz CT molecular complexity index is 701. The Kier molecular flexibility index (Phi) is 7.33. The van der Waals surface area contributed by atoms with Crippen LogP contribution in [-0.2, 0) is 19.0 Å². The molecule has 0 spiro atoms. The third-order valence-electron chi connectivity index (χ3n) is 4.63. The zero-order valence-corrected chi connectivity index (χ0v) is 16.6. The summed E-state index contributed by atoms with van der Waals surface area (Å²) < 4.78 is 17.5. The SMILES string of the molecule is CCC(C1OCCO1)C(Sc1ccccc1)C(OC(C)=O)c1ccccc1. The lowest BCUT2D eigenvalue weighted by Gasteiger charge is -2.34. The van der Waals surface area contributed by atoms with Crippen LogP contribution in [0.4, 0.5) is 0 Å². The lowest BCUT2D eigenvalue weighted by Crippen LogP contribution is -2.36. The average Bonchev–Trinajstić information content (AvgIpc) is 3.22. The molecular formula is C22H26O4S. The summed E-state index contributed by atoms with van der Waals surface area (Å²) in [6.45, 7) is 4.80. The summed E-state index contributed by atoms with van der Waals surface area (Å²) in [7, 11) is 0. The first-order valence-electron chi connectivity index (χ1n) is 9.36. The number of thioether (sulfide) groups is 1. The normalized spacial score (nSPS) is 18.0. The minimum atomic E-state index is -0.383. The van der Waals surface area contributed by atoms with E-state index in [1.807, 2.05) is 48.5 Å². The Hall–Kier alpha value is -1.82. The van der Waals surface area contributed by atoms with Crippen LogP contribution in [0, 0.1) is 5.92 Å². The van der Waals surface area contributed by atoms with E-state index < -0.39 is 0 Å². The van der Waals surface area contributed by atoms with E-state index in [9.17, 15) is 4.79 Å². The number of rotatable bonds is 8. The van der Waals surface area contributed by atoms with Crippen molar-refractivity contribution in [2.45, 2.75) is 42.8 Å². The second-order valence-electron chi connectivity index (χ2n) is 6.52. The lowest BCUT2D eigenvalue weighted by atomic mass is 9.93. The standard InChI is InChI=1S/C22H26O4S/c1-3-19(22-24-14-15-25-22)21(27-18-12-8-5-9-13-18)20(26-16(2)23)17-10-6-4-7-11-17/h4-13,19-22H,3,14-15H2,1-2H3. The van der Waals surface area contributed by atoms with Gasteiger partial charge in [0.15, 0.2) is 6.29 Å². The van der Waals surface area contributed by atoms with Crippen molar-refractivity contribution in [3.8, 4) is 0 Å². The molecule has 0 aromatic heterocycles. The van der Waals surface area contributed by atoms with E-state index in [-0.39, 0.29) is 29.5 Å². The molecule has 1 aliphatic rings. The molecule has 0 aliphatic carbocycles. The molecule has 27 heavy (non-hydrogen) atoms. The van der Waals surface area contributed by atoms with E-state index in [1.165, 1.54) is 6.92 Å². The number of carbonyl (C=O) groups is 1. The van der Waals surface area contributed by atoms with Crippen molar-refractivity contribution in [3.05, 3.63) is 66.2 Å². The van der Waals surface area contributed by atoms with Gasteiger partial charge in [0.1, 0.15) is 6.10 Å². The van der Waals surface area contributed by atoms with E-state index in [4.69, 9.17) is 14.2 Å². The molecule has 1 heterocycles. The van der Waals surface area contributed by atoms with Gasteiger partial charge in [-0.05, 0) is 24.1 Å². The minimum Gasteiger partial charge on any atom is -0.456 e. The molecule has 4 nitrogen and oxygen atoms in total. The highest BCUT2D eigenvalue weighted by Gasteiger charge is 2.39. The first-order chi connectivity index (χ1) is 13.2. The summed E-state index contributed by atoms with van der Waals surface area (Å²) >= 11 is 1.72. The molecule has 0 amide bonds. The van der Waals surface area contributed by atoms with Crippen molar-refractivity contribution in [3.63, 3.8) is 0 Å². The highest BCUT2D eigenvalue weighted by atomic mass is 32.2. The van der Waals surface area contributed by atoms with Crippen LogP contribution in [0.2, 0.25) is 0 Å². The predicted octanol–water partition coefficient (Wildman–Crippen LogP) is 4.85. The van der Waals surface area contributed by atoms with Crippen molar-refractivity contribution in [2.24, 2.45) is 5.92 Å². The van der Waals surface area contributed by atoms with Crippen LogP contribution in [0.25, 0.3) is 0 Å². The van der Waals surface area contributed by atoms with Crippen LogP contribution < -0.4 is 0 Å². The van der Waals surface area contributed by atoms with Gasteiger partial charge in [0.25, 0.3) is 0 Å². The van der Waals surface area contributed by atoms with Crippen molar-refractivity contribution in [2.75, 3.05) is 13.2 Å². The molecule has 1 fully saturated rings. The van der Waals surface area contributed by atoms with Gasteiger partial charge < -0.3 is 14.2 Å². The van der Waals surface area contributed by atoms with Gasteiger partial charge in [-0.15, -0.1) is 11.8 Å². The lowest BCUT2D eigenvalue weighted by molar-refractivity contribution is -0.150. The zero-order valence-electron chi connectivity index (χ0n) is 15.7. The van der Waals surface area contributed by atoms with E-state index in [1.54, 1.807) is 11.8 Å². The fourth-order valence-corrected chi connectivity index (χ4v) is 4.84. The fourth-order valence-electron chi connectivity index (χ4n) is 3.38. The minimum absolute atomic E-state index is 0.0354. The summed E-state index contributed by atoms with van der Waals surface area (Å²) in [4.78, 5) is 13.1. The molecule has 0 N–H and O–H groups in total. The van der Waals surface area contributed by atoms with Crippen LogP contribution >= 0.6 is 11.8 Å². The van der Waals surface area contributed by atoms with Crippen molar-refractivity contribution < 1.29 is 19.0 Å². The topological polar surface area (TPSA) is 44.8 Å². The Balaban J connectivity index is 1.97. The van der Waals surface area contributed by atoms with Crippen LogP contribution in [0.1, 0.15) is 31.9 Å². The van der Waals surface area contributed by atoms with Crippen LogP contribution in [0.5, 0.6) is 0 Å². The molecule has 1 saturated heterocycles. The summed E-state index contributed by atoms with van der Waals surface area (Å²) in [6, 6.07) is 20.1. The second-order valence-corrected chi connectivity index (χ2v) is 7.77. The molecule has 0 saturated carbocycles. The van der Waals surface area contributed by atoms with Gasteiger partial charge >= 0.3 is 5.97 Å². The zero-order chi connectivity index (χ0) is 19.1. The first-order valence-corrected chi connectivity index (χ1v) is 10.2. The maximum Gasteiger partial charge on any atom is 0.303 e. The van der Waals surface area contributed by atoms with Gasteiger partial charge in [-0.1, -0.05) is 55.5 Å². The number of benzene rings is 2. The average molecular weight is 387 g/mol. The third kappa shape index (κ3) is 5.34. The van der Waals surface area contributed by atoms with Gasteiger partial charge in [-0.3, -0.25) is 4.79 Å². The summed E-state index contributed by atoms with van der Waals surface area (Å²) in [5.41, 5.74) is 0.984. The van der Waals surface area contributed by atoms with Gasteiger partial charge in [0.2, 0.25) is 0 Å². The van der Waals surface area contributed by atoms with Gasteiger partial charge in [-0.2, -0.15) is 0 Å². The molecule has 5 heteroatoms. The number of hydrogen-bond donors (Lipinski definition) is 0. The molecule has 1 aliphatic heterocycles. The number of carbonyl (C=O) groups excluding carboxylic acids is 1. The van der Waals surface area contributed by atoms with Crippen molar-refractivity contribution in [1.29, 1.82) is 0 Å². The van der Waals surface area contributed by atoms with Crippen molar-refractivity contribution >= 4 is 17.7 Å². The molecule has 3 rings (SSSR count). The summed E-state index contributed by atoms with van der Waals surface area (Å²) in [5, 5.41) is -0.0354. The van der Waals surface area contributed by atoms with Gasteiger partial charge in [0.05, 0.1) is 18.5 Å². The van der Waals surface area contributed by atoms with Crippen LogP contribution in [0.15, 0.2) is 65.6 Å². The molecule has 2 aromatic rings. The van der Waals surface area contributed by atoms with E-state index >= 15 is 0 Å². The Morgan fingerprint density at radius 3 is 2.22 bits per heavy atom. The highest BCUT2D eigenvalue weighted by Crippen LogP contribution is 2.42. The number of esters is 1. The monoisotopic (exact) mass is 386 g/mol. The fraction of sp³-hybridized carbons (Fsp3) is 0.409. The third-order valence-corrected chi connectivity index (χ3v) is 6.04. The maximum atomic E-state index is 11.9. The van der Waals surface area contributed by atoms with E-state index in [0.29, 0.717) is 13.2 Å². The first kappa shape index (κ1) is 19.9. The molecule has 0 radical (unpaired) electrons. The number of hydrogen-bond acceptors (Lipinski definition) is 5. The second kappa shape index (κ2) is 9.93. The highest BCUT2D eigenvalue weighted by molar-refractivity contribution is 8.00. The molecule has 0 bridgehead atoms. The number of ether oxygens (including phenoxy) is 3. The predicted molar refractivity (Wildman–Crippen MR) is 107 cm³/mol. The molecule has 2 aromatic carbocycles. The molecule has 144 valence electrons. The largest absolute Gasteiger partial charge is 0.456 e. The van der Waals surface area contributed by atoms with Gasteiger partial charge in [-0.25, -0.2) is 0 Å². The van der Waals surface area contributed by atoms with Gasteiger partial charge in [0, 0.05) is 17.7 Å². The smallest absolute Gasteiger partial charge is 0.303 e. The van der Waals surface area contributed by atoms with E-state index in [2.05, 4.69) is 19.1 Å². The summed E-state index contributed by atoms with van der Waals surface area (Å²) in [6.07, 6.45) is 0.199. The van der Waals surface area contributed by atoms with Crippen molar-refractivity contribution in [1.82, 2.24) is 0 Å². The summed E-state index contributed by atoms with van der Waals surface area (Å²) in [5.74, 6) is -0.201. The molecule has 3 atom stereocenters. The van der Waals surface area contributed by atoms with E-state index in [0.717, 1.165) is 16.9 Å². The Morgan fingerprint density at radius 1 is 1.07 bits per heavy atom. The molecule has 3 unspecified atom stereocenters.